The number of carbonyl (C=O) groups is 1. The molecule has 1 fully saturated rings. The summed E-state index contributed by atoms with van der Waals surface area (Å²) in [5, 5.41) is 9.36. The Morgan fingerprint density at radius 1 is 1.23 bits per heavy atom. The summed E-state index contributed by atoms with van der Waals surface area (Å²) >= 11 is 0. The van der Waals surface area contributed by atoms with E-state index in [4.69, 9.17) is 0 Å². The maximum atomic E-state index is 12.5. The molecule has 0 saturated carbocycles. The van der Waals surface area contributed by atoms with Gasteiger partial charge in [0.15, 0.2) is 0 Å². The van der Waals surface area contributed by atoms with Gasteiger partial charge in [0.2, 0.25) is 0 Å². The van der Waals surface area contributed by atoms with Crippen LogP contribution in [0.1, 0.15) is 23.7 Å². The lowest BCUT2D eigenvalue weighted by Crippen LogP contribution is -2.52. The molecule has 2 atom stereocenters. The SMILES string of the molecule is CCC(CO)N1CCN(C(=O)c2ccc(S(C)=O)cc2)CC1. The number of aliphatic hydroxyl groups is 1. The second kappa shape index (κ2) is 7.85. The lowest BCUT2D eigenvalue weighted by molar-refractivity contribution is 0.0472. The van der Waals surface area contributed by atoms with Crippen LogP contribution in [-0.4, -0.2) is 70.1 Å². The minimum absolute atomic E-state index is 0.0186. The number of piperazine rings is 1. The van der Waals surface area contributed by atoms with Gasteiger partial charge in [-0.3, -0.25) is 13.9 Å². The Balaban J connectivity index is 1.96. The van der Waals surface area contributed by atoms with Crippen LogP contribution < -0.4 is 0 Å². The first-order chi connectivity index (χ1) is 10.6. The van der Waals surface area contributed by atoms with Crippen molar-refractivity contribution in [2.75, 3.05) is 39.0 Å². The van der Waals surface area contributed by atoms with E-state index in [-0.39, 0.29) is 18.6 Å². The molecule has 0 bridgehead atoms. The lowest BCUT2D eigenvalue weighted by Gasteiger charge is -2.38. The largest absolute Gasteiger partial charge is 0.395 e. The number of hydrogen-bond acceptors (Lipinski definition) is 4. The number of rotatable bonds is 5. The maximum Gasteiger partial charge on any atom is 0.253 e. The number of amides is 1. The maximum absolute atomic E-state index is 12.5. The molecule has 6 heteroatoms. The predicted molar refractivity (Wildman–Crippen MR) is 87.4 cm³/mol. The van der Waals surface area contributed by atoms with Gasteiger partial charge in [-0.25, -0.2) is 0 Å². The van der Waals surface area contributed by atoms with E-state index in [1.54, 1.807) is 30.5 Å². The van der Waals surface area contributed by atoms with E-state index >= 15 is 0 Å². The van der Waals surface area contributed by atoms with Crippen LogP contribution in [0.3, 0.4) is 0 Å². The Morgan fingerprint density at radius 3 is 2.27 bits per heavy atom. The fourth-order valence-electron chi connectivity index (χ4n) is 2.76. The monoisotopic (exact) mass is 324 g/mol. The Labute approximate surface area is 134 Å². The molecule has 122 valence electrons. The summed E-state index contributed by atoms with van der Waals surface area (Å²) in [4.78, 5) is 17.3. The first-order valence-electron chi connectivity index (χ1n) is 7.64. The summed E-state index contributed by atoms with van der Waals surface area (Å²) in [5.41, 5.74) is 0.636. The molecule has 1 aliphatic heterocycles. The molecule has 2 rings (SSSR count). The highest BCUT2D eigenvalue weighted by Crippen LogP contribution is 2.14. The van der Waals surface area contributed by atoms with E-state index in [0.29, 0.717) is 18.7 Å². The number of hydrogen-bond donors (Lipinski definition) is 1. The Kier molecular flexibility index (Phi) is 6.11. The van der Waals surface area contributed by atoms with Gasteiger partial charge in [-0.2, -0.15) is 0 Å². The van der Waals surface area contributed by atoms with Crippen LogP contribution in [0.25, 0.3) is 0 Å². The van der Waals surface area contributed by atoms with Crippen molar-refractivity contribution in [3.05, 3.63) is 29.8 Å². The minimum atomic E-state index is -1.02. The van der Waals surface area contributed by atoms with Gasteiger partial charge in [-0.15, -0.1) is 0 Å². The number of carbonyl (C=O) groups excluding carboxylic acids is 1. The highest BCUT2D eigenvalue weighted by Gasteiger charge is 2.25. The van der Waals surface area contributed by atoms with Crippen LogP contribution in [0.15, 0.2) is 29.2 Å². The van der Waals surface area contributed by atoms with Gasteiger partial charge in [-0.05, 0) is 30.7 Å². The standard InChI is InChI=1S/C16H24N2O3S/c1-3-14(12-19)17-8-10-18(11-9-17)16(20)13-4-6-15(7-5-13)22(2)21/h4-7,14,19H,3,8-12H2,1-2H3. The number of aliphatic hydroxyl groups excluding tert-OH is 1. The van der Waals surface area contributed by atoms with Crippen LogP contribution >= 0.6 is 0 Å². The molecule has 0 aromatic heterocycles. The average molecular weight is 324 g/mol. The van der Waals surface area contributed by atoms with E-state index < -0.39 is 10.8 Å². The zero-order valence-electron chi connectivity index (χ0n) is 13.2. The molecule has 22 heavy (non-hydrogen) atoms. The third-order valence-corrected chi connectivity index (χ3v) is 5.17. The molecule has 2 unspecified atom stereocenters. The van der Waals surface area contributed by atoms with Gasteiger partial charge in [-0.1, -0.05) is 6.92 Å². The molecule has 1 aliphatic rings. The quantitative estimate of drug-likeness (QED) is 0.876. The van der Waals surface area contributed by atoms with Gasteiger partial charge in [0.1, 0.15) is 0 Å². The van der Waals surface area contributed by atoms with Crippen molar-refractivity contribution in [3.8, 4) is 0 Å². The van der Waals surface area contributed by atoms with E-state index in [1.165, 1.54) is 0 Å². The summed E-state index contributed by atoms with van der Waals surface area (Å²) in [6, 6.07) is 7.18. The third kappa shape index (κ3) is 3.94. The van der Waals surface area contributed by atoms with Gasteiger partial charge in [0.05, 0.1) is 6.61 Å². The van der Waals surface area contributed by atoms with Crippen molar-refractivity contribution in [2.45, 2.75) is 24.3 Å². The highest BCUT2D eigenvalue weighted by atomic mass is 32.2. The first kappa shape index (κ1) is 17.1. The molecule has 1 heterocycles. The number of benzene rings is 1. The zero-order chi connectivity index (χ0) is 16.1. The van der Waals surface area contributed by atoms with Gasteiger partial charge >= 0.3 is 0 Å². The van der Waals surface area contributed by atoms with E-state index in [2.05, 4.69) is 11.8 Å². The molecule has 5 nitrogen and oxygen atoms in total. The van der Waals surface area contributed by atoms with Crippen molar-refractivity contribution >= 4 is 16.7 Å². The van der Waals surface area contributed by atoms with Crippen LogP contribution in [0.2, 0.25) is 0 Å². The second-order valence-corrected chi connectivity index (χ2v) is 6.93. The minimum Gasteiger partial charge on any atom is -0.395 e. The third-order valence-electron chi connectivity index (χ3n) is 4.23. The van der Waals surface area contributed by atoms with Crippen LogP contribution in [-0.2, 0) is 10.8 Å². The lowest BCUT2D eigenvalue weighted by atomic mass is 10.1. The summed E-state index contributed by atoms with van der Waals surface area (Å²) in [7, 11) is -1.02. The molecule has 1 N–H and O–H groups in total. The summed E-state index contributed by atoms with van der Waals surface area (Å²) in [6.45, 7) is 5.18. The van der Waals surface area contributed by atoms with E-state index in [1.807, 2.05) is 4.90 Å². The second-order valence-electron chi connectivity index (χ2n) is 5.55. The van der Waals surface area contributed by atoms with Crippen LogP contribution in [0.5, 0.6) is 0 Å². The molecular weight excluding hydrogens is 300 g/mol. The van der Waals surface area contributed by atoms with Crippen molar-refractivity contribution < 1.29 is 14.1 Å². The van der Waals surface area contributed by atoms with Gasteiger partial charge < -0.3 is 10.0 Å². The zero-order valence-corrected chi connectivity index (χ0v) is 14.0. The van der Waals surface area contributed by atoms with Crippen molar-refractivity contribution in [1.82, 2.24) is 9.80 Å². The predicted octanol–water partition coefficient (Wildman–Crippen LogP) is 0.953. The number of nitrogens with zero attached hydrogens (tertiary/aromatic N) is 2. The van der Waals surface area contributed by atoms with Crippen LogP contribution in [0.4, 0.5) is 0 Å². The molecule has 1 saturated heterocycles. The fourth-order valence-corrected chi connectivity index (χ4v) is 3.28. The smallest absolute Gasteiger partial charge is 0.253 e. The topological polar surface area (TPSA) is 60.9 Å². The molecule has 1 amide bonds. The molecule has 1 aromatic carbocycles. The Morgan fingerprint density at radius 2 is 1.82 bits per heavy atom. The molecule has 0 radical (unpaired) electrons. The molecule has 0 spiro atoms. The van der Waals surface area contributed by atoms with E-state index in [0.717, 1.165) is 24.4 Å². The summed E-state index contributed by atoms with van der Waals surface area (Å²) in [6.07, 6.45) is 2.54. The van der Waals surface area contributed by atoms with Crippen molar-refractivity contribution in [2.24, 2.45) is 0 Å². The van der Waals surface area contributed by atoms with Gasteiger partial charge in [0, 0.05) is 59.7 Å². The van der Waals surface area contributed by atoms with E-state index in [9.17, 15) is 14.1 Å². The fraction of sp³-hybridized carbons (Fsp3) is 0.562. The Bertz CT molecular complexity index is 521. The van der Waals surface area contributed by atoms with Crippen molar-refractivity contribution in [3.63, 3.8) is 0 Å². The van der Waals surface area contributed by atoms with Crippen LogP contribution in [0, 0.1) is 0 Å². The van der Waals surface area contributed by atoms with Crippen molar-refractivity contribution in [1.29, 1.82) is 0 Å². The highest BCUT2D eigenvalue weighted by molar-refractivity contribution is 7.84. The normalized spacial score (nSPS) is 19.0. The summed E-state index contributed by atoms with van der Waals surface area (Å²) in [5.74, 6) is 0.0186. The molecule has 0 aliphatic carbocycles. The molecule has 1 aromatic rings. The first-order valence-corrected chi connectivity index (χ1v) is 9.20. The Hall–Kier alpha value is -1.24. The summed E-state index contributed by atoms with van der Waals surface area (Å²) < 4.78 is 11.4. The molecular formula is C16H24N2O3S. The average Bonchev–Trinajstić information content (AvgIpc) is 2.56. The van der Waals surface area contributed by atoms with Gasteiger partial charge in [0.25, 0.3) is 5.91 Å².